The van der Waals surface area contributed by atoms with Gasteiger partial charge in [-0.2, -0.15) is 10.5 Å². The van der Waals surface area contributed by atoms with Gasteiger partial charge in [0.25, 0.3) is 0 Å². The molecule has 1 atom stereocenters. The van der Waals surface area contributed by atoms with Gasteiger partial charge < -0.3 is 25.8 Å². The van der Waals surface area contributed by atoms with Crippen molar-refractivity contribution >= 4 is 29.6 Å². The summed E-state index contributed by atoms with van der Waals surface area (Å²) in [5.74, 6) is -0.171. The average molecular weight is 551 g/mol. The van der Waals surface area contributed by atoms with Crippen LogP contribution in [0.3, 0.4) is 0 Å². The molecule has 3 rings (SSSR count). The SMILES string of the molecule is CCc1c(C#N)c(SC(C(N)=O)c2ccccc2)nc(N2CCC(CO)(NC(=O)OC(C)(C)C)CC2)c1C#N. The smallest absolute Gasteiger partial charge is 0.408 e. The number of nitriles is 2. The molecule has 10 nitrogen and oxygen atoms in total. The van der Waals surface area contributed by atoms with E-state index >= 15 is 0 Å². The summed E-state index contributed by atoms with van der Waals surface area (Å²) < 4.78 is 5.38. The van der Waals surface area contributed by atoms with Gasteiger partial charge in [0.15, 0.2) is 0 Å². The van der Waals surface area contributed by atoms with Crippen molar-refractivity contribution in [2.24, 2.45) is 5.73 Å². The van der Waals surface area contributed by atoms with Gasteiger partial charge in [-0.3, -0.25) is 4.79 Å². The van der Waals surface area contributed by atoms with Crippen LogP contribution in [-0.4, -0.2) is 52.9 Å². The van der Waals surface area contributed by atoms with E-state index in [0.29, 0.717) is 59.9 Å². The highest BCUT2D eigenvalue weighted by Crippen LogP contribution is 2.40. The Balaban J connectivity index is 1.96. The van der Waals surface area contributed by atoms with Crippen LogP contribution < -0.4 is 16.0 Å². The Labute approximate surface area is 233 Å². The standard InChI is InChI=1S/C28H34N6O4S/c1-5-19-20(15-29)24(34-13-11-28(17-35,12-14-34)33-26(37)38-27(2,3)4)32-25(21(19)16-30)39-22(23(31)36)18-9-7-6-8-10-18/h6-10,22,35H,5,11-14,17H2,1-4H3,(H2,31,36)(H,33,37). The molecule has 2 aromatic rings. The number of aliphatic hydroxyl groups excluding tert-OH is 1. The van der Waals surface area contributed by atoms with Crippen LogP contribution in [0.15, 0.2) is 35.4 Å². The number of aromatic nitrogens is 1. The Hall–Kier alpha value is -3.80. The second kappa shape index (κ2) is 12.4. The number of nitrogens with one attached hydrogen (secondary N) is 1. The number of pyridine rings is 1. The molecule has 1 aliphatic rings. The van der Waals surface area contributed by atoms with E-state index in [4.69, 9.17) is 15.5 Å². The van der Waals surface area contributed by atoms with Crippen molar-refractivity contribution in [3.63, 3.8) is 0 Å². The van der Waals surface area contributed by atoms with Gasteiger partial charge in [0.2, 0.25) is 5.91 Å². The van der Waals surface area contributed by atoms with Crippen molar-refractivity contribution in [1.82, 2.24) is 10.3 Å². The highest BCUT2D eigenvalue weighted by molar-refractivity contribution is 8.00. The maximum Gasteiger partial charge on any atom is 0.408 e. The van der Waals surface area contributed by atoms with Crippen LogP contribution in [0.1, 0.15) is 68.0 Å². The highest BCUT2D eigenvalue weighted by atomic mass is 32.2. The first-order valence-electron chi connectivity index (χ1n) is 12.7. The number of carbonyl (C=O) groups excluding carboxylic acids is 2. The lowest BCUT2D eigenvalue weighted by Gasteiger charge is -2.42. The maximum atomic E-state index is 12.4. The number of rotatable bonds is 8. The third-order valence-electron chi connectivity index (χ3n) is 6.50. The van der Waals surface area contributed by atoms with Crippen LogP contribution in [0, 0.1) is 22.7 Å². The molecule has 0 bridgehead atoms. The van der Waals surface area contributed by atoms with E-state index in [2.05, 4.69) is 17.5 Å². The maximum absolute atomic E-state index is 12.4. The summed E-state index contributed by atoms with van der Waals surface area (Å²) in [5, 5.41) is 32.6. The molecule has 1 unspecified atom stereocenters. The van der Waals surface area contributed by atoms with Crippen LogP contribution in [0.25, 0.3) is 0 Å². The van der Waals surface area contributed by atoms with Gasteiger partial charge in [-0.05, 0) is 51.2 Å². The first kappa shape index (κ1) is 29.8. The van der Waals surface area contributed by atoms with Crippen molar-refractivity contribution in [2.45, 2.75) is 68.4 Å². The lowest BCUT2D eigenvalue weighted by molar-refractivity contribution is -0.117. The van der Waals surface area contributed by atoms with E-state index in [9.17, 15) is 25.2 Å². The van der Waals surface area contributed by atoms with Crippen LogP contribution in [-0.2, 0) is 16.0 Å². The predicted octanol–water partition coefficient (Wildman–Crippen LogP) is 3.56. The highest BCUT2D eigenvalue weighted by Gasteiger charge is 2.38. The molecular formula is C28H34N6O4S. The lowest BCUT2D eigenvalue weighted by atomic mass is 9.88. The Kier molecular flexibility index (Phi) is 9.44. The number of amides is 2. The molecule has 206 valence electrons. The molecule has 1 aromatic carbocycles. The predicted molar refractivity (Wildman–Crippen MR) is 148 cm³/mol. The van der Waals surface area contributed by atoms with Crippen LogP contribution in [0.2, 0.25) is 0 Å². The number of carbonyl (C=O) groups is 2. The number of piperidine rings is 1. The summed E-state index contributed by atoms with van der Waals surface area (Å²) in [6.07, 6.45) is 0.570. The summed E-state index contributed by atoms with van der Waals surface area (Å²) in [6.45, 7) is 7.65. The molecule has 1 aromatic heterocycles. The Morgan fingerprint density at radius 1 is 1.21 bits per heavy atom. The zero-order chi connectivity index (χ0) is 28.8. The van der Waals surface area contributed by atoms with Crippen LogP contribution in [0.4, 0.5) is 10.6 Å². The Bertz CT molecular complexity index is 1290. The fourth-order valence-electron chi connectivity index (χ4n) is 4.52. The number of hydrogen-bond donors (Lipinski definition) is 3. The number of hydrogen-bond acceptors (Lipinski definition) is 9. The molecule has 2 amide bonds. The van der Waals surface area contributed by atoms with E-state index in [1.807, 2.05) is 17.9 Å². The molecule has 0 saturated carbocycles. The van der Waals surface area contributed by atoms with E-state index in [1.54, 1.807) is 45.0 Å². The van der Waals surface area contributed by atoms with Gasteiger partial charge in [0.1, 0.15) is 33.8 Å². The third-order valence-corrected chi connectivity index (χ3v) is 7.76. The molecule has 1 fully saturated rings. The number of nitrogens with zero attached hydrogens (tertiary/aromatic N) is 4. The molecule has 0 spiro atoms. The van der Waals surface area contributed by atoms with Gasteiger partial charge in [-0.1, -0.05) is 49.0 Å². The minimum atomic E-state index is -0.881. The molecular weight excluding hydrogens is 516 g/mol. The average Bonchev–Trinajstić information content (AvgIpc) is 2.90. The van der Waals surface area contributed by atoms with E-state index in [1.165, 1.54) is 0 Å². The number of primary amides is 1. The fourth-order valence-corrected chi connectivity index (χ4v) is 5.58. The quantitative estimate of drug-likeness (QED) is 0.417. The summed E-state index contributed by atoms with van der Waals surface area (Å²) in [4.78, 5) is 31.5. The summed E-state index contributed by atoms with van der Waals surface area (Å²) >= 11 is 1.09. The van der Waals surface area contributed by atoms with Gasteiger partial charge in [-0.15, -0.1) is 0 Å². The Morgan fingerprint density at radius 2 is 1.82 bits per heavy atom. The molecule has 1 saturated heterocycles. The lowest BCUT2D eigenvalue weighted by Crippen LogP contribution is -2.58. The molecule has 39 heavy (non-hydrogen) atoms. The largest absolute Gasteiger partial charge is 0.444 e. The molecule has 2 heterocycles. The number of alkyl carbamates (subject to hydrolysis) is 1. The number of thioether (sulfide) groups is 1. The molecule has 0 radical (unpaired) electrons. The fraction of sp³-hybridized carbons (Fsp3) is 0.464. The zero-order valence-electron chi connectivity index (χ0n) is 22.7. The second-order valence-corrected chi connectivity index (χ2v) is 11.5. The van der Waals surface area contributed by atoms with Crippen LogP contribution >= 0.6 is 11.8 Å². The molecule has 4 N–H and O–H groups in total. The van der Waals surface area contributed by atoms with Crippen molar-refractivity contribution in [2.75, 3.05) is 24.6 Å². The minimum absolute atomic E-state index is 0.248. The number of benzene rings is 1. The van der Waals surface area contributed by atoms with Crippen molar-refractivity contribution < 1.29 is 19.4 Å². The zero-order valence-corrected chi connectivity index (χ0v) is 23.5. The van der Waals surface area contributed by atoms with Crippen LogP contribution in [0.5, 0.6) is 0 Å². The topological polar surface area (TPSA) is 165 Å². The minimum Gasteiger partial charge on any atom is -0.444 e. The van der Waals surface area contributed by atoms with E-state index in [-0.39, 0.29) is 12.2 Å². The monoisotopic (exact) mass is 550 g/mol. The van der Waals surface area contributed by atoms with Crippen molar-refractivity contribution in [3.8, 4) is 12.1 Å². The number of nitrogens with two attached hydrogens (primary N) is 1. The van der Waals surface area contributed by atoms with Gasteiger partial charge in [-0.25, -0.2) is 9.78 Å². The number of ether oxygens (including phenoxy) is 1. The summed E-state index contributed by atoms with van der Waals surface area (Å²) in [5.41, 5.74) is 5.96. The first-order valence-corrected chi connectivity index (χ1v) is 13.6. The third kappa shape index (κ3) is 6.99. The van der Waals surface area contributed by atoms with Gasteiger partial charge in [0.05, 0.1) is 23.3 Å². The van der Waals surface area contributed by atoms with Gasteiger partial charge >= 0.3 is 6.09 Å². The summed E-state index contributed by atoms with van der Waals surface area (Å²) in [7, 11) is 0. The summed E-state index contributed by atoms with van der Waals surface area (Å²) in [6, 6.07) is 13.4. The van der Waals surface area contributed by atoms with Crippen molar-refractivity contribution in [1.29, 1.82) is 10.5 Å². The number of anilines is 1. The van der Waals surface area contributed by atoms with E-state index in [0.717, 1.165) is 11.8 Å². The molecule has 11 heteroatoms. The van der Waals surface area contributed by atoms with Crippen molar-refractivity contribution in [3.05, 3.63) is 52.6 Å². The number of aliphatic hydroxyl groups is 1. The molecule has 1 aliphatic heterocycles. The second-order valence-electron chi connectivity index (χ2n) is 10.4. The first-order chi connectivity index (χ1) is 18.5. The van der Waals surface area contributed by atoms with E-state index < -0.39 is 28.4 Å². The van der Waals surface area contributed by atoms with Gasteiger partial charge in [0, 0.05) is 13.1 Å². The Morgan fingerprint density at radius 3 is 2.31 bits per heavy atom. The normalized spacial score (nSPS) is 15.5. The molecule has 0 aliphatic carbocycles.